The van der Waals surface area contributed by atoms with E-state index < -0.39 is 18.3 Å². The molecule has 1 aromatic heterocycles. The van der Waals surface area contributed by atoms with Gasteiger partial charge in [0.05, 0.1) is 25.4 Å². The van der Waals surface area contributed by atoms with E-state index in [2.05, 4.69) is 0 Å². The first-order valence-corrected chi connectivity index (χ1v) is 9.48. The molecule has 0 amide bonds. The Morgan fingerprint density at radius 1 is 1.00 bits per heavy atom. The molecule has 2 aromatic rings. The molecule has 0 unspecified atom stereocenters. The Morgan fingerprint density at radius 3 is 2.24 bits per heavy atom. The maximum absolute atomic E-state index is 12.2. The third kappa shape index (κ3) is 4.14. The molecule has 1 aromatic carbocycles. The van der Waals surface area contributed by atoms with E-state index in [1.807, 2.05) is 39.8 Å². The van der Waals surface area contributed by atoms with Crippen LogP contribution in [0.25, 0.3) is 0 Å². The average Bonchev–Trinajstić information content (AvgIpc) is 2.89. The molecule has 0 radical (unpaired) electrons. The van der Waals surface area contributed by atoms with E-state index in [1.54, 1.807) is 33.5 Å². The van der Waals surface area contributed by atoms with Crippen molar-refractivity contribution in [2.45, 2.75) is 45.5 Å². The lowest BCUT2D eigenvalue weighted by Crippen LogP contribution is -2.41. The second-order valence-electron chi connectivity index (χ2n) is 8.10. The van der Waals surface area contributed by atoms with Crippen LogP contribution in [0.4, 0.5) is 0 Å². The van der Waals surface area contributed by atoms with E-state index in [0.29, 0.717) is 22.7 Å². The van der Waals surface area contributed by atoms with Crippen molar-refractivity contribution in [1.29, 1.82) is 0 Å². The Bertz CT molecular complexity index is 937. The van der Waals surface area contributed by atoms with Crippen LogP contribution in [-0.4, -0.2) is 37.1 Å². The highest BCUT2D eigenvalue weighted by molar-refractivity contribution is 6.63. The van der Waals surface area contributed by atoms with Crippen LogP contribution in [-0.2, 0) is 23.0 Å². The zero-order valence-electron chi connectivity index (χ0n) is 18.1. The zero-order chi connectivity index (χ0) is 21.4. The van der Waals surface area contributed by atoms with E-state index in [0.717, 1.165) is 5.56 Å². The smallest absolute Gasteiger partial charge is 0.497 e. The molecular formula is C21H28BNO6. The third-order valence-corrected chi connectivity index (χ3v) is 5.60. The van der Waals surface area contributed by atoms with Crippen LogP contribution >= 0.6 is 0 Å². The molecule has 0 spiro atoms. The van der Waals surface area contributed by atoms with Crippen LogP contribution < -0.4 is 25.2 Å². The number of methoxy groups -OCH3 is 2. The first-order valence-electron chi connectivity index (χ1n) is 9.48. The number of rotatable bonds is 6. The van der Waals surface area contributed by atoms with Gasteiger partial charge >= 0.3 is 7.12 Å². The van der Waals surface area contributed by atoms with Gasteiger partial charge in [0.15, 0.2) is 0 Å². The highest BCUT2D eigenvalue weighted by atomic mass is 16.7. The number of pyridine rings is 1. The fourth-order valence-electron chi connectivity index (χ4n) is 3.03. The molecule has 2 heterocycles. The standard InChI is InChI=1S/C21H28BNO6/c1-20(2)21(3,4)29-22(28-20)16-12-23(5)19(24)11-18(16)27-13-14-8-9-15(25-6)10-17(14)26-7/h8-12H,13H2,1-7H3. The van der Waals surface area contributed by atoms with Gasteiger partial charge in [0.2, 0.25) is 0 Å². The number of aryl methyl sites for hydroxylation is 1. The minimum absolute atomic E-state index is 0.179. The summed E-state index contributed by atoms with van der Waals surface area (Å²) < 4.78 is 30.5. The molecule has 0 aliphatic carbocycles. The average molecular weight is 401 g/mol. The van der Waals surface area contributed by atoms with Gasteiger partial charge < -0.3 is 28.1 Å². The fourth-order valence-corrected chi connectivity index (χ4v) is 3.03. The van der Waals surface area contributed by atoms with Crippen molar-refractivity contribution >= 4 is 12.6 Å². The summed E-state index contributed by atoms with van der Waals surface area (Å²) in [5.74, 6) is 1.76. The molecule has 7 nitrogen and oxygen atoms in total. The monoisotopic (exact) mass is 401 g/mol. The molecule has 0 bridgehead atoms. The molecule has 0 N–H and O–H groups in total. The van der Waals surface area contributed by atoms with E-state index >= 15 is 0 Å². The summed E-state index contributed by atoms with van der Waals surface area (Å²) in [6, 6.07) is 6.95. The Balaban J connectivity index is 1.91. The summed E-state index contributed by atoms with van der Waals surface area (Å²) in [4.78, 5) is 12.2. The first kappa shape index (κ1) is 21.3. The Kier molecular flexibility index (Phi) is 5.69. The van der Waals surface area contributed by atoms with Gasteiger partial charge in [-0.3, -0.25) is 4.79 Å². The van der Waals surface area contributed by atoms with Crippen LogP contribution in [0, 0.1) is 0 Å². The predicted molar refractivity (Wildman–Crippen MR) is 111 cm³/mol. The minimum atomic E-state index is -0.639. The Labute approximate surface area is 171 Å². The second kappa shape index (κ2) is 7.76. The van der Waals surface area contributed by atoms with Gasteiger partial charge in [-0.25, -0.2) is 0 Å². The lowest BCUT2D eigenvalue weighted by molar-refractivity contribution is 0.00578. The first-order chi connectivity index (χ1) is 13.6. The highest BCUT2D eigenvalue weighted by Gasteiger charge is 2.52. The van der Waals surface area contributed by atoms with Gasteiger partial charge in [-0.05, 0) is 39.8 Å². The van der Waals surface area contributed by atoms with Crippen molar-refractivity contribution in [3.05, 3.63) is 46.4 Å². The number of hydrogen-bond donors (Lipinski definition) is 0. The molecule has 156 valence electrons. The normalized spacial score (nSPS) is 17.3. The van der Waals surface area contributed by atoms with Crippen molar-refractivity contribution in [2.24, 2.45) is 7.05 Å². The van der Waals surface area contributed by atoms with E-state index in [4.69, 9.17) is 23.5 Å². The SMILES string of the molecule is COc1ccc(COc2cc(=O)n(C)cc2B2OC(C)(C)C(C)(C)O2)c(OC)c1. The van der Waals surface area contributed by atoms with E-state index in [9.17, 15) is 4.79 Å². The molecule has 29 heavy (non-hydrogen) atoms. The summed E-state index contributed by atoms with van der Waals surface area (Å²) in [6.07, 6.45) is 1.70. The number of nitrogens with zero attached hydrogens (tertiary/aromatic N) is 1. The molecule has 8 heteroatoms. The lowest BCUT2D eigenvalue weighted by atomic mass is 9.79. The van der Waals surface area contributed by atoms with Crippen molar-refractivity contribution in [2.75, 3.05) is 14.2 Å². The zero-order valence-corrected chi connectivity index (χ0v) is 18.1. The molecule has 1 fully saturated rings. The molecule has 0 saturated carbocycles. The molecular weight excluding hydrogens is 373 g/mol. The summed E-state index contributed by atoms with van der Waals surface area (Å²) in [6.45, 7) is 8.15. The van der Waals surface area contributed by atoms with Crippen molar-refractivity contribution < 1.29 is 23.5 Å². The third-order valence-electron chi connectivity index (χ3n) is 5.60. The van der Waals surface area contributed by atoms with Crippen molar-refractivity contribution in [3.8, 4) is 17.2 Å². The summed E-state index contributed by atoms with van der Waals surface area (Å²) in [7, 11) is 4.24. The fraction of sp³-hybridized carbons (Fsp3) is 0.476. The van der Waals surface area contributed by atoms with E-state index in [-0.39, 0.29) is 12.2 Å². The van der Waals surface area contributed by atoms with Gasteiger partial charge in [-0.1, -0.05) is 0 Å². The largest absolute Gasteiger partial charge is 0.500 e. The maximum Gasteiger partial charge on any atom is 0.500 e. The highest BCUT2D eigenvalue weighted by Crippen LogP contribution is 2.37. The number of hydrogen-bond acceptors (Lipinski definition) is 6. The van der Waals surface area contributed by atoms with Crippen LogP contribution in [0.15, 0.2) is 35.3 Å². The summed E-state index contributed by atoms with van der Waals surface area (Å²) in [5, 5.41) is 0. The molecule has 3 rings (SSSR count). The van der Waals surface area contributed by atoms with Crippen LogP contribution in [0.3, 0.4) is 0 Å². The van der Waals surface area contributed by atoms with Gasteiger partial charge in [-0.2, -0.15) is 0 Å². The lowest BCUT2D eigenvalue weighted by Gasteiger charge is -2.32. The number of aromatic nitrogens is 1. The minimum Gasteiger partial charge on any atom is -0.497 e. The molecule has 0 atom stereocenters. The van der Waals surface area contributed by atoms with Gasteiger partial charge in [0, 0.05) is 36.4 Å². The predicted octanol–water partition coefficient (Wildman–Crippen LogP) is 2.28. The summed E-state index contributed by atoms with van der Waals surface area (Å²) >= 11 is 0. The topological polar surface area (TPSA) is 68.2 Å². The van der Waals surface area contributed by atoms with Gasteiger partial charge in [0.25, 0.3) is 5.56 Å². The van der Waals surface area contributed by atoms with Gasteiger partial charge in [-0.15, -0.1) is 0 Å². The maximum atomic E-state index is 12.2. The van der Waals surface area contributed by atoms with Gasteiger partial charge in [0.1, 0.15) is 23.9 Å². The van der Waals surface area contributed by atoms with Crippen molar-refractivity contribution in [3.63, 3.8) is 0 Å². The van der Waals surface area contributed by atoms with Crippen LogP contribution in [0.1, 0.15) is 33.3 Å². The summed E-state index contributed by atoms with van der Waals surface area (Å²) in [5.41, 5.74) is 0.320. The van der Waals surface area contributed by atoms with Crippen LogP contribution in [0.2, 0.25) is 0 Å². The molecule has 1 aliphatic rings. The molecule has 1 aliphatic heterocycles. The Morgan fingerprint density at radius 2 is 1.66 bits per heavy atom. The van der Waals surface area contributed by atoms with E-state index in [1.165, 1.54) is 10.6 Å². The second-order valence-corrected chi connectivity index (χ2v) is 8.10. The molecule has 1 saturated heterocycles. The quantitative estimate of drug-likeness (QED) is 0.692. The van der Waals surface area contributed by atoms with Crippen molar-refractivity contribution in [1.82, 2.24) is 4.57 Å². The Hall–Kier alpha value is -2.45. The van der Waals surface area contributed by atoms with Crippen LogP contribution in [0.5, 0.6) is 17.2 Å². The number of benzene rings is 1. The number of ether oxygens (including phenoxy) is 3.